The van der Waals surface area contributed by atoms with E-state index in [0.29, 0.717) is 26.1 Å². The first-order chi connectivity index (χ1) is 6.52. The van der Waals surface area contributed by atoms with E-state index in [-0.39, 0.29) is 11.9 Å². The highest BCUT2D eigenvalue weighted by molar-refractivity contribution is 5.66. The number of hydrogen-bond donors (Lipinski definition) is 0. The molecule has 0 aliphatic rings. The van der Waals surface area contributed by atoms with Gasteiger partial charge in [-0.3, -0.25) is 9.59 Å². The van der Waals surface area contributed by atoms with Gasteiger partial charge in [-0.1, -0.05) is 12.2 Å². The Kier molecular flexibility index (Phi) is 6.45. The Morgan fingerprint density at radius 3 is 1.64 bits per heavy atom. The Bertz CT molecular complexity index is 198. The SMILES string of the molecule is C=C(CCOC(C)=O)CCOC(C)=O. The molecule has 0 spiro atoms. The van der Waals surface area contributed by atoms with Gasteiger partial charge in [0.1, 0.15) is 0 Å². The van der Waals surface area contributed by atoms with Crippen molar-refractivity contribution in [2.24, 2.45) is 0 Å². The minimum Gasteiger partial charge on any atom is -0.466 e. The number of hydrogen-bond acceptors (Lipinski definition) is 4. The van der Waals surface area contributed by atoms with Crippen LogP contribution in [0.1, 0.15) is 26.7 Å². The summed E-state index contributed by atoms with van der Waals surface area (Å²) in [6.07, 6.45) is 1.22. The van der Waals surface area contributed by atoms with Crippen LogP contribution in [0.2, 0.25) is 0 Å². The van der Waals surface area contributed by atoms with Crippen molar-refractivity contribution in [1.29, 1.82) is 0 Å². The van der Waals surface area contributed by atoms with E-state index in [0.717, 1.165) is 5.57 Å². The zero-order valence-corrected chi connectivity index (χ0v) is 8.67. The normalized spacial score (nSPS) is 9.29. The van der Waals surface area contributed by atoms with Gasteiger partial charge >= 0.3 is 11.9 Å². The second-order valence-electron chi connectivity index (χ2n) is 2.93. The van der Waals surface area contributed by atoms with Gasteiger partial charge in [0, 0.05) is 26.7 Å². The lowest BCUT2D eigenvalue weighted by molar-refractivity contribution is -0.141. The van der Waals surface area contributed by atoms with Crippen molar-refractivity contribution in [2.45, 2.75) is 26.7 Å². The number of esters is 2. The van der Waals surface area contributed by atoms with E-state index < -0.39 is 0 Å². The highest BCUT2D eigenvalue weighted by Gasteiger charge is 1.99. The monoisotopic (exact) mass is 200 g/mol. The summed E-state index contributed by atoms with van der Waals surface area (Å²) in [4.78, 5) is 20.8. The third kappa shape index (κ3) is 8.77. The van der Waals surface area contributed by atoms with Crippen LogP contribution >= 0.6 is 0 Å². The molecule has 80 valence electrons. The molecule has 0 rings (SSSR count). The molecule has 4 nitrogen and oxygen atoms in total. The summed E-state index contributed by atoms with van der Waals surface area (Å²) in [5, 5.41) is 0. The Labute approximate surface area is 83.9 Å². The van der Waals surface area contributed by atoms with Gasteiger partial charge in [-0.05, 0) is 0 Å². The van der Waals surface area contributed by atoms with E-state index in [1.165, 1.54) is 13.8 Å². The van der Waals surface area contributed by atoms with Crippen molar-refractivity contribution < 1.29 is 19.1 Å². The van der Waals surface area contributed by atoms with Crippen LogP contribution in [0.25, 0.3) is 0 Å². The highest BCUT2D eigenvalue weighted by atomic mass is 16.5. The van der Waals surface area contributed by atoms with Gasteiger partial charge in [0.25, 0.3) is 0 Å². The summed E-state index contributed by atoms with van der Waals surface area (Å²) in [5.41, 5.74) is 0.910. The maximum atomic E-state index is 10.4. The maximum absolute atomic E-state index is 10.4. The molecular formula is C10H16O4. The van der Waals surface area contributed by atoms with Crippen molar-refractivity contribution in [3.8, 4) is 0 Å². The van der Waals surface area contributed by atoms with Crippen LogP contribution in [0.3, 0.4) is 0 Å². The molecular weight excluding hydrogens is 184 g/mol. The van der Waals surface area contributed by atoms with Crippen LogP contribution < -0.4 is 0 Å². The Morgan fingerprint density at radius 1 is 1.00 bits per heavy atom. The van der Waals surface area contributed by atoms with Gasteiger partial charge in [0.15, 0.2) is 0 Å². The van der Waals surface area contributed by atoms with Crippen LogP contribution in [0.4, 0.5) is 0 Å². The first-order valence-corrected chi connectivity index (χ1v) is 4.45. The van der Waals surface area contributed by atoms with Gasteiger partial charge in [-0.15, -0.1) is 0 Å². The fourth-order valence-electron chi connectivity index (χ4n) is 0.803. The lowest BCUT2D eigenvalue weighted by Crippen LogP contribution is -2.04. The van der Waals surface area contributed by atoms with Crippen molar-refractivity contribution >= 4 is 11.9 Å². The molecule has 0 radical (unpaired) electrons. The Hall–Kier alpha value is -1.32. The Balaban J connectivity index is 3.37. The molecule has 0 fully saturated rings. The standard InChI is InChI=1S/C10H16O4/c1-8(4-6-13-9(2)11)5-7-14-10(3)12/h1,4-7H2,2-3H3. The van der Waals surface area contributed by atoms with E-state index in [1.807, 2.05) is 0 Å². The predicted octanol–water partition coefficient (Wildman–Crippen LogP) is 1.45. The van der Waals surface area contributed by atoms with Gasteiger partial charge in [-0.2, -0.15) is 0 Å². The highest BCUT2D eigenvalue weighted by Crippen LogP contribution is 2.04. The zero-order chi connectivity index (χ0) is 11.0. The van der Waals surface area contributed by atoms with Crippen molar-refractivity contribution in [1.82, 2.24) is 0 Å². The topological polar surface area (TPSA) is 52.6 Å². The molecule has 0 bridgehead atoms. The molecule has 0 amide bonds. The summed E-state index contributed by atoms with van der Waals surface area (Å²) < 4.78 is 9.46. The van der Waals surface area contributed by atoms with Gasteiger partial charge in [-0.25, -0.2) is 0 Å². The second-order valence-corrected chi connectivity index (χ2v) is 2.93. The molecule has 0 saturated carbocycles. The quantitative estimate of drug-likeness (QED) is 0.481. The van der Waals surface area contributed by atoms with Crippen LogP contribution in [0.15, 0.2) is 12.2 Å². The van der Waals surface area contributed by atoms with Crippen molar-refractivity contribution in [3.05, 3.63) is 12.2 Å². The summed E-state index contributed by atoms with van der Waals surface area (Å²) in [6, 6.07) is 0. The average Bonchev–Trinajstić information content (AvgIpc) is 2.02. The fourth-order valence-corrected chi connectivity index (χ4v) is 0.803. The van der Waals surface area contributed by atoms with Crippen molar-refractivity contribution in [3.63, 3.8) is 0 Å². The summed E-state index contributed by atoms with van der Waals surface area (Å²) >= 11 is 0. The van der Waals surface area contributed by atoms with Crippen LogP contribution in [0.5, 0.6) is 0 Å². The molecule has 0 atom stereocenters. The summed E-state index contributed by atoms with van der Waals surface area (Å²) in [6.45, 7) is 7.17. The molecule has 0 N–H and O–H groups in total. The maximum Gasteiger partial charge on any atom is 0.302 e. The minimum atomic E-state index is -0.294. The van der Waals surface area contributed by atoms with E-state index in [1.54, 1.807) is 0 Å². The molecule has 0 aliphatic carbocycles. The van der Waals surface area contributed by atoms with Crippen molar-refractivity contribution in [2.75, 3.05) is 13.2 Å². The van der Waals surface area contributed by atoms with Crippen LogP contribution in [-0.4, -0.2) is 25.2 Å². The largest absolute Gasteiger partial charge is 0.466 e. The van der Waals surface area contributed by atoms with Gasteiger partial charge < -0.3 is 9.47 Å². The molecule has 0 unspecified atom stereocenters. The van der Waals surface area contributed by atoms with E-state index in [4.69, 9.17) is 9.47 Å². The van der Waals surface area contributed by atoms with Gasteiger partial charge in [0.05, 0.1) is 13.2 Å². The molecule has 0 aliphatic heterocycles. The average molecular weight is 200 g/mol. The molecule has 0 saturated heterocycles. The molecule has 0 aromatic heterocycles. The third-order valence-corrected chi connectivity index (χ3v) is 1.52. The zero-order valence-electron chi connectivity index (χ0n) is 8.67. The number of carbonyl (C=O) groups excluding carboxylic acids is 2. The third-order valence-electron chi connectivity index (χ3n) is 1.52. The second kappa shape index (κ2) is 7.12. The molecule has 0 aromatic carbocycles. The van der Waals surface area contributed by atoms with Crippen LogP contribution in [-0.2, 0) is 19.1 Å². The van der Waals surface area contributed by atoms with E-state index in [2.05, 4.69) is 6.58 Å². The molecule has 0 heterocycles. The first kappa shape index (κ1) is 12.7. The smallest absolute Gasteiger partial charge is 0.302 e. The van der Waals surface area contributed by atoms with E-state index >= 15 is 0 Å². The minimum absolute atomic E-state index is 0.294. The lowest BCUT2D eigenvalue weighted by atomic mass is 10.2. The number of ether oxygens (including phenoxy) is 2. The van der Waals surface area contributed by atoms with E-state index in [9.17, 15) is 9.59 Å². The lowest BCUT2D eigenvalue weighted by Gasteiger charge is -2.05. The summed E-state index contributed by atoms with van der Waals surface area (Å²) in [5.74, 6) is -0.587. The molecule has 4 heteroatoms. The molecule has 14 heavy (non-hydrogen) atoms. The number of rotatable bonds is 6. The van der Waals surface area contributed by atoms with Crippen LogP contribution in [0, 0.1) is 0 Å². The van der Waals surface area contributed by atoms with Gasteiger partial charge in [0.2, 0.25) is 0 Å². The summed E-state index contributed by atoms with van der Waals surface area (Å²) in [7, 11) is 0. The Morgan fingerprint density at radius 2 is 1.36 bits per heavy atom. The molecule has 0 aromatic rings. The predicted molar refractivity (Wildman–Crippen MR) is 51.6 cm³/mol. The number of carbonyl (C=O) groups is 2. The fraction of sp³-hybridized carbons (Fsp3) is 0.600. The first-order valence-electron chi connectivity index (χ1n) is 4.45.